The molecule has 0 amide bonds. The van der Waals surface area contributed by atoms with Crippen molar-refractivity contribution in [1.29, 1.82) is 0 Å². The molecular formula is C15H12N4OS. The normalized spacial score (nSPS) is 10.5. The van der Waals surface area contributed by atoms with E-state index >= 15 is 0 Å². The van der Waals surface area contributed by atoms with E-state index in [9.17, 15) is 4.79 Å². The van der Waals surface area contributed by atoms with Gasteiger partial charge in [0, 0.05) is 5.69 Å². The highest BCUT2D eigenvalue weighted by Gasteiger charge is 2.08. The van der Waals surface area contributed by atoms with Gasteiger partial charge in [-0.15, -0.1) is 0 Å². The number of pyridine rings is 1. The van der Waals surface area contributed by atoms with Crippen LogP contribution in [0.2, 0.25) is 0 Å². The van der Waals surface area contributed by atoms with E-state index in [4.69, 9.17) is 12.2 Å². The summed E-state index contributed by atoms with van der Waals surface area (Å²) in [6.07, 6.45) is 0. The molecule has 6 heteroatoms. The Kier molecular flexibility index (Phi) is 3.45. The quantitative estimate of drug-likeness (QED) is 0.711. The van der Waals surface area contributed by atoms with Gasteiger partial charge in [-0.25, -0.2) is 9.97 Å². The zero-order chi connectivity index (χ0) is 14.8. The maximum Gasteiger partial charge on any atom is 0.259 e. The Balaban J connectivity index is 1.96. The fourth-order valence-electron chi connectivity index (χ4n) is 1.98. The third kappa shape index (κ3) is 2.80. The van der Waals surface area contributed by atoms with Crippen LogP contribution in [0, 0.1) is 6.92 Å². The van der Waals surface area contributed by atoms with Crippen LogP contribution in [0.5, 0.6) is 0 Å². The molecule has 0 fully saturated rings. The van der Waals surface area contributed by atoms with Gasteiger partial charge in [-0.2, -0.15) is 0 Å². The monoisotopic (exact) mass is 296 g/mol. The number of aromatic amines is 1. The van der Waals surface area contributed by atoms with Crippen LogP contribution in [0.1, 0.15) is 11.5 Å². The maximum atomic E-state index is 12.0. The Morgan fingerprint density at radius 1 is 1.14 bits per heavy atom. The lowest BCUT2D eigenvalue weighted by atomic mass is 10.2. The fraction of sp³-hybridized carbons (Fsp3) is 0.0667. The molecule has 0 unspecified atom stereocenters. The molecule has 2 heterocycles. The average Bonchev–Trinajstić information content (AvgIpc) is 2.47. The lowest BCUT2D eigenvalue weighted by molar-refractivity contribution is 1.14. The minimum atomic E-state index is -0.211. The topological polar surface area (TPSA) is 70.7 Å². The van der Waals surface area contributed by atoms with Crippen LogP contribution in [-0.2, 0) is 0 Å². The van der Waals surface area contributed by atoms with E-state index < -0.39 is 0 Å². The number of nitrogens with one attached hydrogen (secondary N) is 2. The van der Waals surface area contributed by atoms with Crippen molar-refractivity contribution in [3.63, 3.8) is 0 Å². The summed E-state index contributed by atoms with van der Waals surface area (Å²) < 4.78 is 0. The summed E-state index contributed by atoms with van der Waals surface area (Å²) in [6.45, 7) is 1.89. The number of aromatic nitrogens is 3. The lowest BCUT2D eigenvalue weighted by Crippen LogP contribution is -2.20. The van der Waals surface area contributed by atoms with E-state index in [2.05, 4.69) is 20.3 Å². The molecule has 3 rings (SSSR count). The van der Waals surface area contributed by atoms with Crippen molar-refractivity contribution in [2.24, 2.45) is 0 Å². The second kappa shape index (κ2) is 5.41. The van der Waals surface area contributed by atoms with E-state index in [0.29, 0.717) is 27.5 Å². The summed E-state index contributed by atoms with van der Waals surface area (Å²) >= 11 is 5.28. The van der Waals surface area contributed by atoms with E-state index in [1.165, 1.54) is 0 Å². The predicted molar refractivity (Wildman–Crippen MR) is 86.7 cm³/mol. The number of anilines is 1. The van der Waals surface area contributed by atoms with Crippen LogP contribution >= 0.6 is 12.2 Å². The zero-order valence-corrected chi connectivity index (χ0v) is 12.1. The highest BCUT2D eigenvalue weighted by atomic mass is 32.1. The molecule has 1 aromatic carbocycles. The van der Waals surface area contributed by atoms with Gasteiger partial charge < -0.3 is 10.3 Å². The summed E-state index contributed by atoms with van der Waals surface area (Å²) in [5.74, 6) is 0.952. The van der Waals surface area contributed by atoms with Crippen molar-refractivity contribution < 1.29 is 0 Å². The molecule has 104 valence electrons. The van der Waals surface area contributed by atoms with Gasteiger partial charge in [0.1, 0.15) is 10.8 Å². The van der Waals surface area contributed by atoms with Gasteiger partial charge in [0.05, 0.1) is 10.9 Å². The van der Waals surface area contributed by atoms with Crippen LogP contribution in [0.4, 0.5) is 5.82 Å². The minimum absolute atomic E-state index is 0.211. The lowest BCUT2D eigenvalue weighted by Gasteiger charge is -2.07. The Morgan fingerprint density at radius 2 is 1.95 bits per heavy atom. The largest absolute Gasteiger partial charge is 0.328 e. The molecule has 0 aliphatic rings. The Labute approximate surface area is 126 Å². The molecule has 5 nitrogen and oxygen atoms in total. The molecule has 21 heavy (non-hydrogen) atoms. The van der Waals surface area contributed by atoms with Gasteiger partial charge >= 0.3 is 0 Å². The standard InChI is InChI=1S/C15H12N4OS/c1-9-5-4-8-12(16-9)18-15(21)13-17-11-7-3-2-6-10(11)14(20)19-13/h2-8H,1H3,(H,16,18,21)(H,17,19,20). The van der Waals surface area contributed by atoms with Crippen LogP contribution in [0.15, 0.2) is 47.3 Å². The van der Waals surface area contributed by atoms with Gasteiger partial charge in [-0.1, -0.05) is 30.4 Å². The van der Waals surface area contributed by atoms with Crippen molar-refractivity contribution in [3.05, 3.63) is 64.3 Å². The van der Waals surface area contributed by atoms with E-state index in [1.54, 1.807) is 24.3 Å². The summed E-state index contributed by atoms with van der Waals surface area (Å²) in [4.78, 5) is 23.7. The van der Waals surface area contributed by atoms with E-state index in [0.717, 1.165) is 5.69 Å². The summed E-state index contributed by atoms with van der Waals surface area (Å²) in [5, 5.41) is 3.52. The molecule has 0 atom stereocenters. The maximum absolute atomic E-state index is 12.0. The number of H-pyrrole nitrogens is 1. The number of para-hydroxylation sites is 1. The van der Waals surface area contributed by atoms with E-state index in [-0.39, 0.29) is 5.56 Å². The SMILES string of the molecule is Cc1cccc(NC(=S)c2nc3ccccc3c(=O)[nH]2)n1. The van der Waals surface area contributed by atoms with Crippen LogP contribution in [0.25, 0.3) is 10.9 Å². The number of aryl methyl sites for hydroxylation is 1. The fourth-order valence-corrected chi connectivity index (χ4v) is 2.18. The molecule has 3 aromatic rings. The first-order valence-corrected chi connectivity index (χ1v) is 6.78. The smallest absolute Gasteiger partial charge is 0.259 e. The highest BCUT2D eigenvalue weighted by molar-refractivity contribution is 7.81. The van der Waals surface area contributed by atoms with Crippen LogP contribution in [0.3, 0.4) is 0 Å². The Morgan fingerprint density at radius 3 is 2.76 bits per heavy atom. The van der Waals surface area contributed by atoms with Crippen molar-refractivity contribution >= 4 is 33.9 Å². The van der Waals surface area contributed by atoms with Gasteiger partial charge in [0.25, 0.3) is 5.56 Å². The Hall–Kier alpha value is -2.60. The molecule has 2 N–H and O–H groups in total. The first kappa shape index (κ1) is 13.4. The summed E-state index contributed by atoms with van der Waals surface area (Å²) in [7, 11) is 0. The molecule has 0 spiro atoms. The molecule has 0 bridgehead atoms. The highest BCUT2D eigenvalue weighted by Crippen LogP contribution is 2.09. The Bertz CT molecular complexity index is 888. The third-order valence-electron chi connectivity index (χ3n) is 2.96. The number of benzene rings is 1. The first-order valence-electron chi connectivity index (χ1n) is 6.37. The number of thiocarbonyl (C=S) groups is 1. The van der Waals surface area contributed by atoms with Crippen LogP contribution < -0.4 is 10.9 Å². The molecular weight excluding hydrogens is 284 g/mol. The van der Waals surface area contributed by atoms with Crippen molar-refractivity contribution in [2.75, 3.05) is 5.32 Å². The first-order chi connectivity index (χ1) is 10.1. The zero-order valence-electron chi connectivity index (χ0n) is 11.3. The van der Waals surface area contributed by atoms with Gasteiger partial charge in [0.15, 0.2) is 5.82 Å². The van der Waals surface area contributed by atoms with E-state index in [1.807, 2.05) is 25.1 Å². The third-order valence-corrected chi connectivity index (χ3v) is 3.25. The number of fused-ring (bicyclic) bond motifs is 1. The second-order valence-electron chi connectivity index (χ2n) is 4.55. The summed E-state index contributed by atoms with van der Waals surface area (Å²) in [5.41, 5.74) is 1.28. The molecule has 2 aromatic heterocycles. The number of hydrogen-bond donors (Lipinski definition) is 2. The molecule has 0 radical (unpaired) electrons. The van der Waals surface area contributed by atoms with Crippen LogP contribution in [-0.4, -0.2) is 19.9 Å². The summed E-state index contributed by atoms with van der Waals surface area (Å²) in [6, 6.07) is 12.7. The van der Waals surface area contributed by atoms with Crippen molar-refractivity contribution in [1.82, 2.24) is 15.0 Å². The molecule has 0 saturated carbocycles. The average molecular weight is 296 g/mol. The van der Waals surface area contributed by atoms with Crippen molar-refractivity contribution in [3.8, 4) is 0 Å². The second-order valence-corrected chi connectivity index (χ2v) is 4.96. The molecule has 0 aliphatic heterocycles. The predicted octanol–water partition coefficient (Wildman–Crippen LogP) is 2.41. The molecule has 0 aliphatic carbocycles. The number of hydrogen-bond acceptors (Lipinski definition) is 4. The number of rotatable bonds is 2. The van der Waals surface area contributed by atoms with Gasteiger partial charge in [-0.3, -0.25) is 4.79 Å². The van der Waals surface area contributed by atoms with Gasteiger partial charge in [0.2, 0.25) is 0 Å². The van der Waals surface area contributed by atoms with Gasteiger partial charge in [-0.05, 0) is 31.2 Å². The molecule has 0 saturated heterocycles. The number of nitrogens with zero attached hydrogens (tertiary/aromatic N) is 2. The minimum Gasteiger partial charge on any atom is -0.328 e. The van der Waals surface area contributed by atoms with Crippen molar-refractivity contribution in [2.45, 2.75) is 6.92 Å².